The molecular formula is C32H48O6. The summed E-state index contributed by atoms with van der Waals surface area (Å²) in [4.78, 5) is 24.6. The highest BCUT2D eigenvalue weighted by Crippen LogP contribution is 2.76. The van der Waals surface area contributed by atoms with Crippen LogP contribution in [0.15, 0.2) is 23.8 Å². The third-order valence-electron chi connectivity index (χ3n) is 13.4. The normalized spacial score (nSPS) is 52.0. The second kappa shape index (κ2) is 8.42. The molecule has 0 unspecified atom stereocenters. The molecule has 0 aliphatic heterocycles. The van der Waals surface area contributed by atoms with Crippen LogP contribution in [0.1, 0.15) is 99.3 Å². The van der Waals surface area contributed by atoms with Crippen molar-refractivity contribution >= 4 is 11.9 Å². The minimum absolute atomic E-state index is 0.0494. The molecule has 5 rings (SSSR count). The summed E-state index contributed by atoms with van der Waals surface area (Å²) < 4.78 is 5.54. The predicted molar refractivity (Wildman–Crippen MR) is 145 cm³/mol. The van der Waals surface area contributed by atoms with Gasteiger partial charge in [0.05, 0.1) is 23.7 Å². The van der Waals surface area contributed by atoms with Crippen LogP contribution in [0.4, 0.5) is 0 Å². The average molecular weight is 529 g/mol. The molecule has 5 aliphatic rings. The number of ether oxygens (including phenoxy) is 1. The maximum Gasteiger partial charge on any atom is 0.310 e. The van der Waals surface area contributed by atoms with Crippen LogP contribution < -0.4 is 0 Å². The van der Waals surface area contributed by atoms with Gasteiger partial charge in [-0.2, -0.15) is 0 Å². The van der Waals surface area contributed by atoms with Gasteiger partial charge in [0.25, 0.3) is 0 Å². The molecule has 0 aromatic carbocycles. The molecule has 6 heteroatoms. The fraction of sp³-hybridized carbons (Fsp3) is 0.812. The number of carbonyl (C=O) groups excluding carboxylic acids is 1. The molecule has 0 saturated heterocycles. The highest BCUT2D eigenvalue weighted by molar-refractivity contribution is 5.77. The lowest BCUT2D eigenvalue weighted by molar-refractivity contribution is -0.222. The number of aliphatic hydroxyl groups is 2. The second-order valence-electron chi connectivity index (χ2n) is 14.8. The fourth-order valence-corrected chi connectivity index (χ4v) is 10.9. The fourth-order valence-electron chi connectivity index (χ4n) is 10.9. The first-order valence-electron chi connectivity index (χ1n) is 14.7. The van der Waals surface area contributed by atoms with Crippen LogP contribution in [0, 0.1) is 44.8 Å². The summed E-state index contributed by atoms with van der Waals surface area (Å²) in [6, 6.07) is 0. The van der Waals surface area contributed by atoms with E-state index in [9.17, 15) is 24.9 Å². The highest BCUT2D eigenvalue weighted by Gasteiger charge is 2.71. The number of aliphatic hydroxyl groups excluding tert-OH is 1. The number of aliphatic carboxylic acids is 1. The zero-order chi connectivity index (χ0) is 28.1. The molecule has 0 aromatic heterocycles. The molecule has 3 N–H and O–H groups in total. The first kappa shape index (κ1) is 27.9. The smallest absolute Gasteiger partial charge is 0.310 e. The summed E-state index contributed by atoms with van der Waals surface area (Å²) in [7, 11) is 0. The highest BCUT2D eigenvalue weighted by atomic mass is 16.5. The van der Waals surface area contributed by atoms with E-state index in [0.29, 0.717) is 31.6 Å². The Balaban J connectivity index is 1.60. The Morgan fingerprint density at radius 3 is 2.34 bits per heavy atom. The average Bonchev–Trinajstić information content (AvgIpc) is 2.83. The Kier molecular flexibility index (Phi) is 6.18. The van der Waals surface area contributed by atoms with Gasteiger partial charge in [-0.3, -0.25) is 9.59 Å². The maximum atomic E-state index is 12.9. The van der Waals surface area contributed by atoms with Gasteiger partial charge in [0.2, 0.25) is 0 Å². The van der Waals surface area contributed by atoms with Crippen LogP contribution in [0.5, 0.6) is 0 Å². The molecule has 4 fully saturated rings. The number of hydrogen-bond donors (Lipinski definition) is 3. The molecular weight excluding hydrogens is 480 g/mol. The van der Waals surface area contributed by atoms with E-state index in [4.69, 9.17) is 4.74 Å². The van der Waals surface area contributed by atoms with Crippen molar-refractivity contribution in [3.63, 3.8) is 0 Å². The van der Waals surface area contributed by atoms with Gasteiger partial charge >= 0.3 is 11.9 Å². The third-order valence-corrected chi connectivity index (χ3v) is 13.4. The molecule has 4 saturated carbocycles. The molecule has 6 nitrogen and oxygen atoms in total. The van der Waals surface area contributed by atoms with Crippen molar-refractivity contribution in [3.05, 3.63) is 23.8 Å². The zero-order valence-electron chi connectivity index (χ0n) is 24.2. The van der Waals surface area contributed by atoms with E-state index in [1.54, 1.807) is 6.92 Å². The lowest BCUT2D eigenvalue weighted by Gasteiger charge is -2.71. The predicted octanol–water partition coefficient (Wildman–Crippen LogP) is 5.67. The van der Waals surface area contributed by atoms with Crippen molar-refractivity contribution in [3.8, 4) is 0 Å². The monoisotopic (exact) mass is 528 g/mol. The number of fused-ring (bicyclic) bond motifs is 7. The van der Waals surface area contributed by atoms with Crippen molar-refractivity contribution in [1.82, 2.24) is 0 Å². The van der Waals surface area contributed by atoms with Crippen LogP contribution >= 0.6 is 0 Å². The third kappa shape index (κ3) is 3.31. The number of allylic oxidation sites excluding steroid dienone is 1. The molecule has 0 heterocycles. The first-order valence-corrected chi connectivity index (χ1v) is 14.7. The number of carboxylic acids is 1. The van der Waals surface area contributed by atoms with Gasteiger partial charge in [-0.1, -0.05) is 45.9 Å². The summed E-state index contributed by atoms with van der Waals surface area (Å²) >= 11 is 0. The van der Waals surface area contributed by atoms with E-state index in [0.717, 1.165) is 43.3 Å². The van der Waals surface area contributed by atoms with Crippen molar-refractivity contribution < 1.29 is 29.6 Å². The van der Waals surface area contributed by atoms with Crippen molar-refractivity contribution in [2.75, 3.05) is 6.61 Å². The van der Waals surface area contributed by atoms with E-state index in [1.165, 1.54) is 6.92 Å². The molecule has 0 aromatic rings. The summed E-state index contributed by atoms with van der Waals surface area (Å²) in [6.45, 7) is 16.9. The van der Waals surface area contributed by atoms with Gasteiger partial charge in [-0.05, 0) is 98.4 Å². The van der Waals surface area contributed by atoms with E-state index in [2.05, 4.69) is 40.3 Å². The summed E-state index contributed by atoms with van der Waals surface area (Å²) in [6.07, 6.45) is 8.57. The second-order valence-corrected chi connectivity index (χ2v) is 14.8. The van der Waals surface area contributed by atoms with Crippen LogP contribution in [-0.2, 0) is 14.3 Å². The summed E-state index contributed by atoms with van der Waals surface area (Å²) in [5.74, 6) is -1.01. The van der Waals surface area contributed by atoms with E-state index in [-0.39, 0.29) is 34.7 Å². The molecule has 10 atom stereocenters. The van der Waals surface area contributed by atoms with Crippen molar-refractivity contribution in [1.29, 1.82) is 0 Å². The minimum Gasteiger partial charge on any atom is -0.481 e. The standard InChI is InChI=1S/C32H48O6/c1-19-10-15-32(26(35)36)17-16-29(5)21(25(32)31(19,7)37)8-9-23-27(3)13-12-24(34)28(4,18-38-20(2)33)22(27)11-14-30(23,29)6/h8,22-25,34,37H,1,9-18H2,2-7H3,(H,35,36)/t22-,23-,24-,25-,27+,28-,29-,30-,31-,32+/m1/s1. The van der Waals surface area contributed by atoms with Crippen LogP contribution in [-0.4, -0.2) is 45.6 Å². The van der Waals surface area contributed by atoms with Gasteiger partial charge in [0.15, 0.2) is 0 Å². The van der Waals surface area contributed by atoms with Gasteiger partial charge in [-0.15, -0.1) is 0 Å². The number of carbonyl (C=O) groups is 2. The number of carboxylic acid groups (broad SMARTS) is 1. The quantitative estimate of drug-likeness (QED) is 0.322. The van der Waals surface area contributed by atoms with E-state index in [1.807, 2.05) is 0 Å². The van der Waals surface area contributed by atoms with Crippen molar-refractivity contribution in [2.45, 2.75) is 111 Å². The van der Waals surface area contributed by atoms with Crippen molar-refractivity contribution in [2.24, 2.45) is 44.8 Å². The summed E-state index contributed by atoms with van der Waals surface area (Å²) in [5, 5.41) is 33.6. The van der Waals surface area contributed by atoms with Crippen LogP contribution in [0.3, 0.4) is 0 Å². The van der Waals surface area contributed by atoms with Gasteiger partial charge in [-0.25, -0.2) is 0 Å². The molecule has 0 radical (unpaired) electrons. The Morgan fingerprint density at radius 1 is 1.03 bits per heavy atom. The summed E-state index contributed by atoms with van der Waals surface area (Å²) in [5.41, 5.74) is -1.20. The minimum atomic E-state index is -1.26. The largest absolute Gasteiger partial charge is 0.481 e. The number of hydrogen-bond acceptors (Lipinski definition) is 5. The Labute approximate surface area is 227 Å². The lowest BCUT2D eigenvalue weighted by Crippen LogP contribution is -2.67. The first-order chi connectivity index (χ1) is 17.5. The zero-order valence-corrected chi connectivity index (χ0v) is 24.2. The lowest BCUT2D eigenvalue weighted by atomic mass is 9.33. The van der Waals surface area contributed by atoms with Crippen LogP contribution in [0.2, 0.25) is 0 Å². The molecule has 0 spiro atoms. The van der Waals surface area contributed by atoms with Gasteiger partial charge < -0.3 is 20.1 Å². The number of rotatable bonds is 3. The Bertz CT molecular complexity index is 1090. The Hall–Kier alpha value is -1.66. The van der Waals surface area contributed by atoms with E-state index >= 15 is 0 Å². The molecule has 0 bridgehead atoms. The molecule has 38 heavy (non-hydrogen) atoms. The topological polar surface area (TPSA) is 104 Å². The van der Waals surface area contributed by atoms with E-state index < -0.39 is 34.4 Å². The number of esters is 1. The SMILES string of the molecule is C=C1CC[C@]2(C(=O)O)CC[C@]3(C)C(=CC[C@@H]4[C@@]5(C)CC[C@@H](O)[C@](C)(COC(C)=O)[C@@H]5CC[C@]43C)[C@@H]2[C@]1(C)O. The molecule has 0 amide bonds. The molecule has 5 aliphatic carbocycles. The maximum absolute atomic E-state index is 12.9. The molecule has 212 valence electrons. The van der Waals surface area contributed by atoms with Crippen LogP contribution in [0.25, 0.3) is 0 Å². The van der Waals surface area contributed by atoms with Gasteiger partial charge in [0.1, 0.15) is 0 Å². The Morgan fingerprint density at radius 2 is 1.71 bits per heavy atom. The van der Waals surface area contributed by atoms with Gasteiger partial charge in [0, 0.05) is 18.3 Å².